The summed E-state index contributed by atoms with van der Waals surface area (Å²) in [4.78, 5) is 0. The summed E-state index contributed by atoms with van der Waals surface area (Å²) in [6.07, 6.45) is 0.960. The van der Waals surface area contributed by atoms with E-state index in [0.717, 1.165) is 18.6 Å². The third kappa shape index (κ3) is 3.56. The number of ether oxygens (including phenoxy) is 1. The summed E-state index contributed by atoms with van der Waals surface area (Å²) in [5.41, 5.74) is 0.483. The molecule has 0 aliphatic rings. The summed E-state index contributed by atoms with van der Waals surface area (Å²) in [6, 6.07) is 10.8. The Morgan fingerprint density at radius 3 is 2.18 bits per heavy atom. The largest absolute Gasteiger partial charge is 0.453 e. The zero-order valence-electron chi connectivity index (χ0n) is 12.5. The first-order chi connectivity index (χ1) is 10.5. The van der Waals surface area contributed by atoms with E-state index in [2.05, 4.69) is 6.92 Å². The Labute approximate surface area is 129 Å². The van der Waals surface area contributed by atoms with Gasteiger partial charge in [0.1, 0.15) is 34.9 Å². The average molecular weight is 300 g/mol. The molecule has 4 heteroatoms. The summed E-state index contributed by atoms with van der Waals surface area (Å²) in [5.74, 6) is 0.225. The standard InChI is InChI=1S/C18H16F2NO/c1-3-12(2)11-22-15-6-4-13(5-7-15)14-8-17(19)16(10-21)18(20)9-14/h4-9H,3,11H2,1-2H3/q+1. The van der Waals surface area contributed by atoms with Gasteiger partial charge in [-0.25, -0.2) is 8.78 Å². The molecule has 0 radical (unpaired) electrons. The van der Waals surface area contributed by atoms with Gasteiger partial charge in [0.05, 0.1) is 13.3 Å². The van der Waals surface area contributed by atoms with Gasteiger partial charge in [0.2, 0.25) is 6.61 Å². The molecule has 22 heavy (non-hydrogen) atoms. The highest BCUT2D eigenvalue weighted by atomic mass is 19.1. The Morgan fingerprint density at radius 2 is 1.68 bits per heavy atom. The van der Waals surface area contributed by atoms with E-state index in [0.29, 0.717) is 23.5 Å². The fraction of sp³-hybridized carbons (Fsp3) is 0.222. The number of hydrogen-bond acceptors (Lipinski definition) is 2. The molecule has 0 fully saturated rings. The summed E-state index contributed by atoms with van der Waals surface area (Å²) in [6.45, 7) is 4.64. The molecule has 2 aromatic carbocycles. The molecule has 2 rings (SSSR count). The molecular formula is C18H16F2NO+. The molecule has 0 unspecified atom stereocenters. The van der Waals surface area contributed by atoms with Crippen molar-refractivity contribution >= 4 is 0 Å². The third-order valence-electron chi connectivity index (χ3n) is 3.43. The van der Waals surface area contributed by atoms with E-state index in [-0.39, 0.29) is 0 Å². The van der Waals surface area contributed by atoms with Gasteiger partial charge >= 0.3 is 0 Å². The quantitative estimate of drug-likeness (QED) is 0.737. The maximum Gasteiger partial charge on any atom is 0.228 e. The number of nitrogens with zero attached hydrogens (tertiary/aromatic N) is 1. The van der Waals surface area contributed by atoms with Crippen LogP contribution in [0, 0.1) is 28.9 Å². The van der Waals surface area contributed by atoms with Gasteiger partial charge in [-0.2, -0.15) is 5.26 Å². The molecule has 0 bridgehead atoms. The van der Waals surface area contributed by atoms with Crippen molar-refractivity contribution in [2.45, 2.75) is 20.3 Å². The second kappa shape index (κ2) is 6.95. The van der Waals surface area contributed by atoms with E-state index in [4.69, 9.17) is 10.00 Å². The van der Waals surface area contributed by atoms with Gasteiger partial charge in [0.15, 0.2) is 0 Å². The van der Waals surface area contributed by atoms with Crippen molar-refractivity contribution < 1.29 is 13.5 Å². The Balaban J connectivity index is 2.19. The van der Waals surface area contributed by atoms with Crippen LogP contribution >= 0.6 is 0 Å². The van der Waals surface area contributed by atoms with Crippen LogP contribution in [0.1, 0.15) is 25.8 Å². The predicted octanol–water partition coefficient (Wildman–Crippen LogP) is 4.89. The van der Waals surface area contributed by atoms with Crippen molar-refractivity contribution in [2.24, 2.45) is 0 Å². The smallest absolute Gasteiger partial charge is 0.228 e. The van der Waals surface area contributed by atoms with Crippen LogP contribution in [0.3, 0.4) is 0 Å². The normalized spacial score (nSPS) is 10.1. The zero-order chi connectivity index (χ0) is 16.1. The molecule has 0 aliphatic carbocycles. The van der Waals surface area contributed by atoms with Crippen LogP contribution in [0.2, 0.25) is 0 Å². The molecular weight excluding hydrogens is 284 g/mol. The van der Waals surface area contributed by atoms with Crippen molar-refractivity contribution in [3.63, 3.8) is 0 Å². The van der Waals surface area contributed by atoms with Crippen LogP contribution in [-0.4, -0.2) is 6.61 Å². The lowest BCUT2D eigenvalue weighted by atomic mass is 10.0. The number of benzene rings is 2. The van der Waals surface area contributed by atoms with Gasteiger partial charge in [0, 0.05) is 0 Å². The Morgan fingerprint density at radius 1 is 1.09 bits per heavy atom. The minimum absolute atomic E-state index is 0.386. The SMILES string of the molecule is CC[C+](C)COc1ccc(-c2cc(F)c(C#N)c(F)c2)cc1. The van der Waals surface area contributed by atoms with Crippen LogP contribution in [0.15, 0.2) is 36.4 Å². The van der Waals surface area contributed by atoms with Crippen molar-refractivity contribution in [3.05, 3.63) is 59.5 Å². The maximum absolute atomic E-state index is 13.6. The number of hydrogen-bond donors (Lipinski definition) is 0. The van der Waals surface area contributed by atoms with Gasteiger partial charge in [-0.1, -0.05) is 12.1 Å². The lowest BCUT2D eigenvalue weighted by Crippen LogP contribution is -2.05. The molecule has 2 aromatic rings. The summed E-state index contributed by atoms with van der Waals surface area (Å²) in [5, 5.41) is 8.67. The number of nitriles is 1. The van der Waals surface area contributed by atoms with E-state index in [1.807, 2.05) is 6.92 Å². The molecule has 0 atom stereocenters. The first-order valence-electron chi connectivity index (χ1n) is 6.98. The third-order valence-corrected chi connectivity index (χ3v) is 3.43. The van der Waals surface area contributed by atoms with E-state index in [1.54, 1.807) is 24.3 Å². The lowest BCUT2D eigenvalue weighted by molar-refractivity contribution is 0.326. The molecule has 0 saturated carbocycles. The van der Waals surface area contributed by atoms with Crippen LogP contribution < -0.4 is 4.74 Å². The second-order valence-electron chi connectivity index (χ2n) is 5.05. The molecule has 2 nitrogen and oxygen atoms in total. The summed E-state index contributed by atoms with van der Waals surface area (Å²) in [7, 11) is 0. The molecule has 0 N–H and O–H groups in total. The zero-order valence-corrected chi connectivity index (χ0v) is 12.5. The molecule has 112 valence electrons. The van der Waals surface area contributed by atoms with Gasteiger partial charge in [-0.05, 0) is 42.3 Å². The molecule has 0 heterocycles. The second-order valence-corrected chi connectivity index (χ2v) is 5.05. The number of rotatable bonds is 5. The Bertz CT molecular complexity index is 666. The topological polar surface area (TPSA) is 33.0 Å². The van der Waals surface area contributed by atoms with Crippen molar-refractivity contribution in [3.8, 4) is 22.9 Å². The van der Waals surface area contributed by atoms with Gasteiger partial charge in [0.25, 0.3) is 0 Å². The highest BCUT2D eigenvalue weighted by molar-refractivity contribution is 5.65. The lowest BCUT2D eigenvalue weighted by Gasteiger charge is -2.07. The van der Waals surface area contributed by atoms with E-state index >= 15 is 0 Å². The van der Waals surface area contributed by atoms with Crippen LogP contribution in [-0.2, 0) is 0 Å². The highest BCUT2D eigenvalue weighted by Gasteiger charge is 2.13. The van der Waals surface area contributed by atoms with Crippen LogP contribution in [0.5, 0.6) is 5.75 Å². The monoisotopic (exact) mass is 300 g/mol. The van der Waals surface area contributed by atoms with Crippen LogP contribution in [0.25, 0.3) is 11.1 Å². The molecule has 0 saturated heterocycles. The van der Waals surface area contributed by atoms with Gasteiger partial charge < -0.3 is 4.74 Å². The van der Waals surface area contributed by atoms with E-state index < -0.39 is 17.2 Å². The van der Waals surface area contributed by atoms with Crippen molar-refractivity contribution in [2.75, 3.05) is 6.61 Å². The minimum Gasteiger partial charge on any atom is -0.453 e. The fourth-order valence-corrected chi connectivity index (χ4v) is 1.90. The fourth-order valence-electron chi connectivity index (χ4n) is 1.90. The molecule has 0 aliphatic heterocycles. The number of halogens is 2. The molecule has 0 spiro atoms. The summed E-state index contributed by atoms with van der Waals surface area (Å²) < 4.78 is 32.9. The first kappa shape index (κ1) is 15.8. The Hall–Kier alpha value is -2.54. The highest BCUT2D eigenvalue weighted by Crippen LogP contribution is 2.26. The van der Waals surface area contributed by atoms with Crippen molar-refractivity contribution in [1.82, 2.24) is 0 Å². The first-order valence-corrected chi connectivity index (χ1v) is 6.98. The van der Waals surface area contributed by atoms with E-state index in [1.165, 1.54) is 12.0 Å². The minimum atomic E-state index is -0.856. The predicted molar refractivity (Wildman–Crippen MR) is 81.2 cm³/mol. The van der Waals surface area contributed by atoms with Gasteiger partial charge in [-0.3, -0.25) is 0 Å². The van der Waals surface area contributed by atoms with Gasteiger partial charge in [-0.15, -0.1) is 0 Å². The molecule has 0 amide bonds. The van der Waals surface area contributed by atoms with Crippen LogP contribution in [0.4, 0.5) is 8.78 Å². The van der Waals surface area contributed by atoms with Crippen molar-refractivity contribution in [1.29, 1.82) is 5.26 Å². The Kier molecular flexibility index (Phi) is 5.00. The maximum atomic E-state index is 13.6. The van der Waals surface area contributed by atoms with E-state index in [9.17, 15) is 8.78 Å². The molecule has 0 aromatic heterocycles. The summed E-state index contributed by atoms with van der Waals surface area (Å²) >= 11 is 0. The average Bonchev–Trinajstić information content (AvgIpc) is 2.52.